The van der Waals surface area contributed by atoms with Crippen LogP contribution >= 0.6 is 0 Å². The van der Waals surface area contributed by atoms with E-state index in [2.05, 4.69) is 53.6 Å². The molecule has 108 valence electrons. The van der Waals surface area contributed by atoms with Crippen molar-refractivity contribution in [3.63, 3.8) is 0 Å². The second kappa shape index (κ2) is 5.29. The molecule has 0 saturated heterocycles. The minimum Gasteiger partial charge on any atom is -0.264 e. The van der Waals surface area contributed by atoms with Gasteiger partial charge in [-0.25, -0.2) is 0 Å². The highest BCUT2D eigenvalue weighted by Gasteiger charge is 2.59. The maximum atomic E-state index is 4.35. The summed E-state index contributed by atoms with van der Waals surface area (Å²) < 4.78 is 0. The van der Waals surface area contributed by atoms with Gasteiger partial charge in [0, 0.05) is 17.8 Å². The monoisotopic (exact) mass is 277 g/mol. The quantitative estimate of drug-likeness (QED) is 0.761. The molecule has 4 rings (SSSR count). The van der Waals surface area contributed by atoms with Gasteiger partial charge in [-0.1, -0.05) is 55.7 Å². The van der Waals surface area contributed by atoms with Crippen LogP contribution in [0.1, 0.15) is 55.6 Å². The lowest BCUT2D eigenvalue weighted by atomic mass is 9.72. The van der Waals surface area contributed by atoms with Gasteiger partial charge in [-0.05, 0) is 48.3 Å². The van der Waals surface area contributed by atoms with Crippen LogP contribution in [0.4, 0.5) is 0 Å². The molecule has 0 aliphatic heterocycles. The summed E-state index contributed by atoms with van der Waals surface area (Å²) in [4.78, 5) is 4.35. The van der Waals surface area contributed by atoms with Crippen LogP contribution in [0.15, 0.2) is 54.9 Å². The van der Waals surface area contributed by atoms with Crippen LogP contribution in [0.3, 0.4) is 0 Å². The standard InChI is InChI=1S/C20H23N/c1-3-9-17(10-4-1)20(18-11-5-2-6-12-18)14-19(20)16-8-7-13-21-15-16/h1,3-4,7-10,13,15,18-19H,2,5-6,11-12,14H2. The molecule has 0 amide bonds. The van der Waals surface area contributed by atoms with E-state index in [0.29, 0.717) is 11.3 Å². The molecule has 1 aromatic carbocycles. The molecule has 2 saturated carbocycles. The zero-order valence-corrected chi connectivity index (χ0v) is 12.5. The van der Waals surface area contributed by atoms with Crippen molar-refractivity contribution in [2.75, 3.05) is 0 Å². The van der Waals surface area contributed by atoms with E-state index in [1.165, 1.54) is 44.1 Å². The molecule has 0 N–H and O–H groups in total. The van der Waals surface area contributed by atoms with Crippen molar-refractivity contribution < 1.29 is 0 Å². The summed E-state index contributed by atoms with van der Waals surface area (Å²) in [5.74, 6) is 1.54. The average Bonchev–Trinajstić information content (AvgIpc) is 3.34. The second-order valence-corrected chi connectivity index (χ2v) is 6.78. The first-order valence-corrected chi connectivity index (χ1v) is 8.37. The van der Waals surface area contributed by atoms with Gasteiger partial charge in [-0.2, -0.15) is 0 Å². The van der Waals surface area contributed by atoms with Gasteiger partial charge < -0.3 is 0 Å². The van der Waals surface area contributed by atoms with Gasteiger partial charge in [-0.15, -0.1) is 0 Å². The molecular formula is C20H23N. The molecule has 2 aromatic rings. The Morgan fingerprint density at radius 1 is 0.905 bits per heavy atom. The van der Waals surface area contributed by atoms with Crippen molar-refractivity contribution in [1.82, 2.24) is 4.98 Å². The number of hydrogen-bond donors (Lipinski definition) is 0. The summed E-state index contributed by atoms with van der Waals surface area (Å²) >= 11 is 0. The molecule has 21 heavy (non-hydrogen) atoms. The first kappa shape index (κ1) is 13.1. The maximum Gasteiger partial charge on any atom is 0.0303 e. The molecule has 2 fully saturated rings. The van der Waals surface area contributed by atoms with E-state index >= 15 is 0 Å². The maximum absolute atomic E-state index is 4.35. The summed E-state index contributed by atoms with van der Waals surface area (Å²) in [6.45, 7) is 0. The zero-order chi connectivity index (χ0) is 14.1. The summed E-state index contributed by atoms with van der Waals surface area (Å²) in [5.41, 5.74) is 3.39. The Morgan fingerprint density at radius 3 is 2.43 bits per heavy atom. The van der Waals surface area contributed by atoms with E-state index < -0.39 is 0 Å². The number of aromatic nitrogens is 1. The number of pyridine rings is 1. The van der Waals surface area contributed by atoms with Crippen LogP contribution in [-0.4, -0.2) is 4.98 Å². The summed E-state index contributed by atoms with van der Waals surface area (Å²) in [5, 5.41) is 0. The molecular weight excluding hydrogens is 254 g/mol. The van der Waals surface area contributed by atoms with Crippen LogP contribution in [-0.2, 0) is 5.41 Å². The summed E-state index contributed by atoms with van der Waals surface area (Å²) in [7, 11) is 0. The Hall–Kier alpha value is -1.63. The Balaban J connectivity index is 1.71. The van der Waals surface area contributed by atoms with E-state index in [1.54, 1.807) is 5.56 Å². The Morgan fingerprint density at radius 2 is 1.71 bits per heavy atom. The zero-order valence-electron chi connectivity index (χ0n) is 12.5. The predicted octanol–water partition coefficient (Wildman–Crippen LogP) is 5.09. The fraction of sp³-hybridized carbons (Fsp3) is 0.450. The Kier molecular flexibility index (Phi) is 3.29. The van der Waals surface area contributed by atoms with Crippen molar-refractivity contribution in [2.24, 2.45) is 5.92 Å². The molecule has 2 aliphatic rings. The van der Waals surface area contributed by atoms with E-state index in [-0.39, 0.29) is 0 Å². The van der Waals surface area contributed by atoms with Crippen LogP contribution < -0.4 is 0 Å². The van der Waals surface area contributed by atoms with Gasteiger partial charge >= 0.3 is 0 Å². The molecule has 0 bridgehead atoms. The first-order valence-electron chi connectivity index (χ1n) is 8.37. The number of hydrogen-bond acceptors (Lipinski definition) is 1. The van der Waals surface area contributed by atoms with Crippen LogP contribution in [0, 0.1) is 5.92 Å². The highest BCUT2D eigenvalue weighted by molar-refractivity contribution is 5.43. The largest absolute Gasteiger partial charge is 0.264 e. The lowest BCUT2D eigenvalue weighted by Crippen LogP contribution is -2.25. The van der Waals surface area contributed by atoms with E-state index in [9.17, 15) is 0 Å². The lowest BCUT2D eigenvalue weighted by molar-refractivity contribution is 0.284. The van der Waals surface area contributed by atoms with Crippen molar-refractivity contribution in [3.05, 3.63) is 66.0 Å². The van der Waals surface area contributed by atoms with E-state index in [4.69, 9.17) is 0 Å². The molecule has 2 unspecified atom stereocenters. The Bertz CT molecular complexity index is 586. The number of benzene rings is 1. The van der Waals surface area contributed by atoms with Crippen LogP contribution in [0.2, 0.25) is 0 Å². The van der Waals surface area contributed by atoms with Crippen LogP contribution in [0.25, 0.3) is 0 Å². The minimum absolute atomic E-state index is 0.394. The second-order valence-electron chi connectivity index (χ2n) is 6.78. The Labute approximate surface area is 127 Å². The van der Waals surface area contributed by atoms with E-state index in [1.807, 2.05) is 6.20 Å². The van der Waals surface area contributed by atoms with Gasteiger partial charge in [0.1, 0.15) is 0 Å². The van der Waals surface area contributed by atoms with Crippen molar-refractivity contribution in [2.45, 2.75) is 49.9 Å². The third-order valence-electron chi connectivity index (χ3n) is 5.74. The topological polar surface area (TPSA) is 12.9 Å². The summed E-state index contributed by atoms with van der Waals surface area (Å²) in [6, 6.07) is 15.6. The van der Waals surface area contributed by atoms with Crippen molar-refractivity contribution in [3.8, 4) is 0 Å². The molecule has 1 heteroatoms. The van der Waals surface area contributed by atoms with Crippen molar-refractivity contribution in [1.29, 1.82) is 0 Å². The molecule has 1 heterocycles. The predicted molar refractivity (Wildman–Crippen MR) is 86.3 cm³/mol. The molecule has 2 aliphatic carbocycles. The van der Waals surface area contributed by atoms with Gasteiger partial charge in [0.15, 0.2) is 0 Å². The third-order valence-corrected chi connectivity index (χ3v) is 5.74. The normalized spacial score (nSPS) is 29.2. The highest BCUT2D eigenvalue weighted by Crippen LogP contribution is 2.66. The summed E-state index contributed by atoms with van der Waals surface area (Å²) in [6.07, 6.45) is 12.4. The smallest absolute Gasteiger partial charge is 0.0303 e. The molecule has 1 aromatic heterocycles. The van der Waals surface area contributed by atoms with Gasteiger partial charge in [0.2, 0.25) is 0 Å². The van der Waals surface area contributed by atoms with Crippen LogP contribution in [0.5, 0.6) is 0 Å². The first-order chi connectivity index (χ1) is 10.4. The number of rotatable bonds is 3. The van der Waals surface area contributed by atoms with E-state index in [0.717, 1.165) is 5.92 Å². The number of nitrogens with zero attached hydrogens (tertiary/aromatic N) is 1. The molecule has 0 spiro atoms. The fourth-order valence-electron chi connectivity index (χ4n) is 4.65. The third kappa shape index (κ3) is 2.19. The van der Waals surface area contributed by atoms with Crippen molar-refractivity contribution >= 4 is 0 Å². The van der Waals surface area contributed by atoms with Gasteiger partial charge in [-0.3, -0.25) is 4.98 Å². The highest BCUT2D eigenvalue weighted by atomic mass is 14.7. The minimum atomic E-state index is 0.394. The lowest BCUT2D eigenvalue weighted by Gasteiger charge is -2.32. The SMILES string of the molecule is c1ccc(C2(C3CCCCC3)CC2c2cccnc2)cc1. The molecule has 2 atom stereocenters. The average molecular weight is 277 g/mol. The van der Waals surface area contributed by atoms with Gasteiger partial charge in [0.05, 0.1) is 0 Å². The molecule has 1 nitrogen and oxygen atoms in total. The fourth-order valence-corrected chi connectivity index (χ4v) is 4.65. The van der Waals surface area contributed by atoms with Gasteiger partial charge in [0.25, 0.3) is 0 Å². The molecule has 0 radical (unpaired) electrons.